The Balaban J connectivity index is 1.79. The molecule has 3 aromatic rings. The highest BCUT2D eigenvalue weighted by atomic mass is 19.3. The van der Waals surface area contributed by atoms with E-state index < -0.39 is 17.9 Å². The first-order chi connectivity index (χ1) is 14.4. The standard InChI is InChI=1S/C20H20F2N6O2/c1-30-13-4-2-11(3-5-13)15-6-14(18(23)29)16-17(28-15)19(26-10-25-16)27-12-7-20(21,22)9-24-8-12/h2-6,10,12,24H,7-9H2,1H3,(H2,23,29)(H,25,26,27)/t12-/m0/s1. The molecule has 1 aliphatic heterocycles. The first-order valence-electron chi connectivity index (χ1n) is 9.31. The van der Waals surface area contributed by atoms with Crippen LogP contribution in [-0.4, -0.2) is 53.0 Å². The number of halogens is 2. The number of nitrogens with zero attached hydrogens (tertiary/aromatic N) is 3. The molecule has 1 atom stereocenters. The number of hydrogen-bond acceptors (Lipinski definition) is 7. The second-order valence-corrected chi connectivity index (χ2v) is 7.10. The lowest BCUT2D eigenvalue weighted by molar-refractivity contribution is -0.0244. The second-order valence-electron chi connectivity index (χ2n) is 7.10. The van der Waals surface area contributed by atoms with Crippen molar-refractivity contribution >= 4 is 22.8 Å². The maximum Gasteiger partial charge on any atom is 0.262 e. The van der Waals surface area contributed by atoms with Crippen molar-refractivity contribution in [2.24, 2.45) is 5.73 Å². The van der Waals surface area contributed by atoms with Crippen LogP contribution in [0.3, 0.4) is 0 Å². The quantitative estimate of drug-likeness (QED) is 0.586. The first-order valence-corrected chi connectivity index (χ1v) is 9.31. The van der Waals surface area contributed by atoms with Crippen LogP contribution in [0.15, 0.2) is 36.7 Å². The van der Waals surface area contributed by atoms with Crippen molar-refractivity contribution in [3.05, 3.63) is 42.2 Å². The van der Waals surface area contributed by atoms with Gasteiger partial charge in [-0.05, 0) is 30.3 Å². The monoisotopic (exact) mass is 414 g/mol. The highest BCUT2D eigenvalue weighted by Crippen LogP contribution is 2.29. The molecular formula is C20H20F2N6O2. The number of methoxy groups -OCH3 is 1. The molecule has 0 unspecified atom stereocenters. The van der Waals surface area contributed by atoms with Crippen molar-refractivity contribution in [1.29, 1.82) is 0 Å². The second kappa shape index (κ2) is 7.79. The Morgan fingerprint density at radius 1 is 1.27 bits per heavy atom. The number of primary amides is 1. The molecular weight excluding hydrogens is 394 g/mol. The van der Waals surface area contributed by atoms with Gasteiger partial charge in [0.15, 0.2) is 5.82 Å². The van der Waals surface area contributed by atoms with Gasteiger partial charge in [0.05, 0.1) is 24.9 Å². The van der Waals surface area contributed by atoms with Crippen LogP contribution in [0.2, 0.25) is 0 Å². The number of carbonyl (C=O) groups excluding carboxylic acids is 1. The lowest BCUT2D eigenvalue weighted by atomic mass is 10.0. The summed E-state index contributed by atoms with van der Waals surface area (Å²) in [7, 11) is 1.56. The number of hydrogen-bond donors (Lipinski definition) is 3. The number of rotatable bonds is 5. The molecule has 1 fully saturated rings. The van der Waals surface area contributed by atoms with Crippen molar-refractivity contribution in [2.75, 3.05) is 25.5 Å². The van der Waals surface area contributed by atoms with E-state index in [0.29, 0.717) is 18.0 Å². The van der Waals surface area contributed by atoms with Gasteiger partial charge in [0.2, 0.25) is 0 Å². The van der Waals surface area contributed by atoms with E-state index in [1.165, 1.54) is 6.33 Å². The van der Waals surface area contributed by atoms with Gasteiger partial charge in [-0.15, -0.1) is 0 Å². The normalized spacial score (nSPS) is 18.2. The Hall–Kier alpha value is -3.40. The predicted octanol–water partition coefficient (Wildman–Crippen LogP) is 2.21. The fourth-order valence-electron chi connectivity index (χ4n) is 3.47. The molecule has 0 radical (unpaired) electrons. The third-order valence-electron chi connectivity index (χ3n) is 4.90. The number of pyridine rings is 1. The van der Waals surface area contributed by atoms with Crippen molar-refractivity contribution in [2.45, 2.75) is 18.4 Å². The summed E-state index contributed by atoms with van der Waals surface area (Å²) in [6.07, 6.45) is 0.909. The number of anilines is 1. The van der Waals surface area contributed by atoms with E-state index in [9.17, 15) is 13.6 Å². The van der Waals surface area contributed by atoms with Crippen molar-refractivity contribution < 1.29 is 18.3 Å². The van der Waals surface area contributed by atoms with Gasteiger partial charge in [-0.25, -0.2) is 23.7 Å². The van der Waals surface area contributed by atoms with Crippen molar-refractivity contribution in [1.82, 2.24) is 20.3 Å². The lowest BCUT2D eigenvalue weighted by Crippen LogP contribution is -2.49. The van der Waals surface area contributed by atoms with Crippen molar-refractivity contribution in [3.8, 4) is 17.0 Å². The molecule has 0 bridgehead atoms. The van der Waals surface area contributed by atoms with Crippen LogP contribution in [0.5, 0.6) is 5.75 Å². The minimum Gasteiger partial charge on any atom is -0.497 e. The summed E-state index contributed by atoms with van der Waals surface area (Å²) in [4.78, 5) is 25.0. The number of ether oxygens (including phenoxy) is 1. The molecule has 156 valence electrons. The molecule has 0 saturated carbocycles. The van der Waals surface area contributed by atoms with Crippen LogP contribution in [0, 0.1) is 0 Å². The average Bonchev–Trinajstić information content (AvgIpc) is 2.72. The number of piperidine rings is 1. The Morgan fingerprint density at radius 2 is 2.03 bits per heavy atom. The smallest absolute Gasteiger partial charge is 0.262 e. The summed E-state index contributed by atoms with van der Waals surface area (Å²) < 4.78 is 32.7. The van der Waals surface area contributed by atoms with Gasteiger partial charge in [0.25, 0.3) is 11.8 Å². The number of alkyl halides is 2. The summed E-state index contributed by atoms with van der Waals surface area (Å²) >= 11 is 0. The van der Waals surface area contributed by atoms with Gasteiger partial charge in [0, 0.05) is 24.6 Å². The zero-order valence-electron chi connectivity index (χ0n) is 16.2. The predicted molar refractivity (Wildman–Crippen MR) is 108 cm³/mol. The molecule has 1 aliphatic rings. The van der Waals surface area contributed by atoms with Gasteiger partial charge in [-0.3, -0.25) is 4.79 Å². The van der Waals surface area contributed by atoms with E-state index in [1.807, 2.05) is 0 Å². The fourth-order valence-corrected chi connectivity index (χ4v) is 3.47. The maximum absolute atomic E-state index is 13.8. The van der Waals surface area contributed by atoms with Gasteiger partial charge in [0.1, 0.15) is 23.1 Å². The van der Waals surface area contributed by atoms with Crippen LogP contribution in [0.25, 0.3) is 22.3 Å². The molecule has 30 heavy (non-hydrogen) atoms. The largest absolute Gasteiger partial charge is 0.497 e. The molecule has 8 nitrogen and oxygen atoms in total. The molecule has 1 aromatic carbocycles. The van der Waals surface area contributed by atoms with Crippen LogP contribution >= 0.6 is 0 Å². The highest BCUT2D eigenvalue weighted by molar-refractivity contribution is 6.06. The van der Waals surface area contributed by atoms with E-state index in [4.69, 9.17) is 10.5 Å². The highest BCUT2D eigenvalue weighted by Gasteiger charge is 2.36. The summed E-state index contributed by atoms with van der Waals surface area (Å²) in [6.45, 7) is -0.0106. The number of fused-ring (bicyclic) bond motifs is 1. The van der Waals surface area contributed by atoms with E-state index in [-0.39, 0.29) is 35.4 Å². The number of aromatic nitrogens is 3. The molecule has 1 saturated heterocycles. The molecule has 0 aliphatic carbocycles. The Bertz CT molecular complexity index is 1090. The lowest BCUT2D eigenvalue weighted by Gasteiger charge is -2.30. The number of amides is 1. The molecule has 4 rings (SSSR count). The van der Waals surface area contributed by atoms with Crippen LogP contribution in [0.4, 0.5) is 14.6 Å². The fraction of sp³-hybridized carbons (Fsp3) is 0.300. The zero-order chi connectivity index (χ0) is 21.3. The maximum atomic E-state index is 13.8. The van der Waals surface area contributed by atoms with Gasteiger partial charge in [-0.2, -0.15) is 0 Å². The van der Waals surface area contributed by atoms with Crippen molar-refractivity contribution in [3.63, 3.8) is 0 Å². The average molecular weight is 414 g/mol. The molecule has 1 amide bonds. The summed E-state index contributed by atoms with van der Waals surface area (Å²) in [6, 6.07) is 8.11. The molecule has 0 spiro atoms. The SMILES string of the molecule is COc1ccc(-c2cc(C(N)=O)c3ncnc(N[C@@H]4CNCC(F)(F)C4)c3n2)cc1. The minimum atomic E-state index is -2.82. The van der Waals surface area contributed by atoms with E-state index in [1.54, 1.807) is 37.4 Å². The van der Waals surface area contributed by atoms with E-state index >= 15 is 0 Å². The van der Waals surface area contributed by atoms with Crippen LogP contribution < -0.4 is 21.1 Å². The number of benzene rings is 1. The molecule has 3 heterocycles. The van der Waals surface area contributed by atoms with Crippen LogP contribution in [0.1, 0.15) is 16.8 Å². The van der Waals surface area contributed by atoms with Gasteiger partial charge in [-0.1, -0.05) is 0 Å². The summed E-state index contributed by atoms with van der Waals surface area (Å²) in [5.41, 5.74) is 7.48. The van der Waals surface area contributed by atoms with E-state index in [2.05, 4.69) is 25.6 Å². The number of carbonyl (C=O) groups is 1. The first kappa shape index (κ1) is 19.9. The molecule has 10 heteroatoms. The summed E-state index contributed by atoms with van der Waals surface area (Å²) in [5, 5.41) is 5.72. The third kappa shape index (κ3) is 3.99. The number of nitrogens with two attached hydrogens (primary N) is 1. The van der Waals surface area contributed by atoms with Crippen LogP contribution in [-0.2, 0) is 0 Å². The number of nitrogens with one attached hydrogen (secondary N) is 2. The topological polar surface area (TPSA) is 115 Å². The molecule has 4 N–H and O–H groups in total. The molecule has 2 aromatic heterocycles. The van der Waals surface area contributed by atoms with Gasteiger partial charge >= 0.3 is 0 Å². The Kier molecular flexibility index (Phi) is 5.17. The Morgan fingerprint density at radius 3 is 2.70 bits per heavy atom. The Labute approximate surface area is 170 Å². The summed E-state index contributed by atoms with van der Waals surface area (Å²) in [5.74, 6) is -2.56. The minimum absolute atomic E-state index is 0.170. The zero-order valence-corrected chi connectivity index (χ0v) is 16.2. The van der Waals surface area contributed by atoms with E-state index in [0.717, 1.165) is 5.56 Å². The third-order valence-corrected chi connectivity index (χ3v) is 4.90. The van der Waals surface area contributed by atoms with Gasteiger partial charge < -0.3 is 21.1 Å².